The number of hydrogen-bond donors (Lipinski definition) is 1. The molecule has 3 nitrogen and oxygen atoms in total. The standard InChI is InChI=1S/C18H19NO2/c1-3-21-17-11-9-16(10-12-17)19-18(20)14(2)13-15-7-5-4-6-8-15/h4-13H,3H2,1-2H3,(H,19,20). The van der Waals surface area contributed by atoms with Crippen LogP contribution in [0.2, 0.25) is 0 Å². The molecule has 0 aliphatic carbocycles. The minimum Gasteiger partial charge on any atom is -0.494 e. The summed E-state index contributed by atoms with van der Waals surface area (Å²) in [6.45, 7) is 4.37. The maximum atomic E-state index is 12.1. The van der Waals surface area contributed by atoms with E-state index in [0.29, 0.717) is 12.2 Å². The minimum absolute atomic E-state index is 0.108. The molecule has 2 aromatic rings. The lowest BCUT2D eigenvalue weighted by Crippen LogP contribution is -2.12. The molecule has 0 aliphatic heterocycles. The van der Waals surface area contributed by atoms with Crippen molar-refractivity contribution in [2.45, 2.75) is 13.8 Å². The van der Waals surface area contributed by atoms with E-state index in [0.717, 1.165) is 17.0 Å². The first-order chi connectivity index (χ1) is 10.2. The summed E-state index contributed by atoms with van der Waals surface area (Å²) >= 11 is 0. The van der Waals surface area contributed by atoms with Crippen molar-refractivity contribution in [1.29, 1.82) is 0 Å². The first-order valence-electron chi connectivity index (χ1n) is 6.96. The monoisotopic (exact) mass is 281 g/mol. The normalized spacial score (nSPS) is 11.0. The van der Waals surface area contributed by atoms with Crippen LogP contribution in [-0.4, -0.2) is 12.5 Å². The fourth-order valence-corrected chi connectivity index (χ4v) is 1.90. The molecule has 0 radical (unpaired) electrons. The molecule has 0 saturated heterocycles. The predicted molar refractivity (Wildman–Crippen MR) is 86.3 cm³/mol. The lowest BCUT2D eigenvalue weighted by molar-refractivity contribution is -0.112. The van der Waals surface area contributed by atoms with E-state index < -0.39 is 0 Å². The number of amides is 1. The van der Waals surface area contributed by atoms with E-state index in [-0.39, 0.29) is 5.91 Å². The van der Waals surface area contributed by atoms with E-state index in [4.69, 9.17) is 4.74 Å². The smallest absolute Gasteiger partial charge is 0.251 e. The van der Waals surface area contributed by atoms with Gasteiger partial charge in [-0.15, -0.1) is 0 Å². The van der Waals surface area contributed by atoms with Gasteiger partial charge in [0.2, 0.25) is 0 Å². The van der Waals surface area contributed by atoms with E-state index >= 15 is 0 Å². The highest BCUT2D eigenvalue weighted by molar-refractivity contribution is 6.06. The molecule has 0 heterocycles. The summed E-state index contributed by atoms with van der Waals surface area (Å²) in [6.07, 6.45) is 1.86. The summed E-state index contributed by atoms with van der Waals surface area (Å²) in [4.78, 5) is 12.1. The average Bonchev–Trinajstić information content (AvgIpc) is 2.50. The van der Waals surface area contributed by atoms with Crippen LogP contribution in [0.25, 0.3) is 6.08 Å². The van der Waals surface area contributed by atoms with Gasteiger partial charge in [-0.25, -0.2) is 0 Å². The molecule has 0 bridgehead atoms. The fourth-order valence-electron chi connectivity index (χ4n) is 1.90. The number of anilines is 1. The topological polar surface area (TPSA) is 38.3 Å². The molecule has 0 spiro atoms. The number of benzene rings is 2. The van der Waals surface area contributed by atoms with Gasteiger partial charge in [0.05, 0.1) is 6.61 Å². The van der Waals surface area contributed by atoms with Gasteiger partial charge in [0.1, 0.15) is 5.75 Å². The zero-order chi connectivity index (χ0) is 15.1. The molecule has 0 saturated carbocycles. The Morgan fingerprint density at radius 3 is 2.38 bits per heavy atom. The Morgan fingerprint density at radius 2 is 1.76 bits per heavy atom. The second-order valence-corrected chi connectivity index (χ2v) is 4.65. The van der Waals surface area contributed by atoms with Crippen molar-refractivity contribution in [3.8, 4) is 5.75 Å². The van der Waals surface area contributed by atoms with Crippen molar-refractivity contribution >= 4 is 17.7 Å². The highest BCUT2D eigenvalue weighted by atomic mass is 16.5. The van der Waals surface area contributed by atoms with E-state index in [2.05, 4.69) is 5.32 Å². The maximum absolute atomic E-state index is 12.1. The Morgan fingerprint density at radius 1 is 1.10 bits per heavy atom. The summed E-state index contributed by atoms with van der Waals surface area (Å²) in [5.74, 6) is 0.690. The maximum Gasteiger partial charge on any atom is 0.251 e. The Balaban J connectivity index is 2.02. The lowest BCUT2D eigenvalue weighted by atomic mass is 10.1. The molecule has 21 heavy (non-hydrogen) atoms. The number of carbonyl (C=O) groups is 1. The molecule has 1 N–H and O–H groups in total. The molecule has 2 aromatic carbocycles. The largest absolute Gasteiger partial charge is 0.494 e. The van der Waals surface area contributed by atoms with Crippen molar-refractivity contribution in [2.75, 3.05) is 11.9 Å². The van der Waals surface area contributed by atoms with Gasteiger partial charge in [-0.05, 0) is 49.8 Å². The van der Waals surface area contributed by atoms with E-state index in [1.165, 1.54) is 0 Å². The van der Waals surface area contributed by atoms with Gasteiger partial charge in [-0.3, -0.25) is 4.79 Å². The summed E-state index contributed by atoms with van der Waals surface area (Å²) in [7, 11) is 0. The molecule has 3 heteroatoms. The number of carbonyl (C=O) groups excluding carboxylic acids is 1. The highest BCUT2D eigenvalue weighted by Crippen LogP contribution is 2.16. The summed E-state index contributed by atoms with van der Waals surface area (Å²) in [5.41, 5.74) is 2.43. The van der Waals surface area contributed by atoms with Crippen molar-refractivity contribution in [2.24, 2.45) is 0 Å². The van der Waals surface area contributed by atoms with Crippen LogP contribution < -0.4 is 10.1 Å². The van der Waals surface area contributed by atoms with Crippen LogP contribution >= 0.6 is 0 Å². The van der Waals surface area contributed by atoms with Gasteiger partial charge in [0.15, 0.2) is 0 Å². The van der Waals surface area contributed by atoms with E-state index in [1.54, 1.807) is 6.92 Å². The van der Waals surface area contributed by atoms with Crippen molar-refractivity contribution in [3.63, 3.8) is 0 Å². The van der Waals surface area contributed by atoms with Gasteiger partial charge >= 0.3 is 0 Å². The third-order valence-electron chi connectivity index (χ3n) is 2.96. The Bertz CT molecular complexity index is 615. The number of hydrogen-bond acceptors (Lipinski definition) is 2. The Kier molecular flexibility index (Phi) is 5.16. The number of ether oxygens (including phenoxy) is 1. The molecule has 1 amide bonds. The Hall–Kier alpha value is -2.55. The number of rotatable bonds is 5. The van der Waals surface area contributed by atoms with Gasteiger partial charge < -0.3 is 10.1 Å². The summed E-state index contributed by atoms with van der Waals surface area (Å²) in [5, 5.41) is 2.87. The summed E-state index contributed by atoms with van der Waals surface area (Å²) in [6, 6.07) is 17.1. The molecule has 0 unspecified atom stereocenters. The van der Waals surface area contributed by atoms with Crippen LogP contribution in [0.1, 0.15) is 19.4 Å². The Labute approximate surface area is 125 Å². The first kappa shape index (κ1) is 14.9. The second-order valence-electron chi connectivity index (χ2n) is 4.65. The van der Waals surface area contributed by atoms with Crippen LogP contribution in [0, 0.1) is 0 Å². The van der Waals surface area contributed by atoms with Gasteiger partial charge in [0.25, 0.3) is 5.91 Å². The van der Waals surface area contributed by atoms with E-state index in [9.17, 15) is 4.79 Å². The predicted octanol–water partition coefficient (Wildman–Crippen LogP) is 4.13. The van der Waals surface area contributed by atoms with E-state index in [1.807, 2.05) is 67.6 Å². The minimum atomic E-state index is -0.108. The second kappa shape index (κ2) is 7.29. The SMILES string of the molecule is CCOc1ccc(NC(=O)C(C)=Cc2ccccc2)cc1. The fraction of sp³-hybridized carbons (Fsp3) is 0.167. The number of nitrogens with one attached hydrogen (secondary N) is 1. The third-order valence-corrected chi connectivity index (χ3v) is 2.96. The van der Waals surface area contributed by atoms with Gasteiger partial charge in [-0.1, -0.05) is 30.3 Å². The highest BCUT2D eigenvalue weighted by Gasteiger charge is 2.05. The molecular weight excluding hydrogens is 262 g/mol. The van der Waals surface area contributed by atoms with Crippen LogP contribution in [-0.2, 0) is 4.79 Å². The van der Waals surface area contributed by atoms with Crippen molar-refractivity contribution < 1.29 is 9.53 Å². The molecule has 0 atom stereocenters. The van der Waals surface area contributed by atoms with Crippen LogP contribution in [0.3, 0.4) is 0 Å². The van der Waals surface area contributed by atoms with Crippen molar-refractivity contribution in [1.82, 2.24) is 0 Å². The molecule has 0 fully saturated rings. The van der Waals surface area contributed by atoms with Gasteiger partial charge in [0, 0.05) is 11.3 Å². The quantitative estimate of drug-likeness (QED) is 0.837. The molecule has 0 aromatic heterocycles. The van der Waals surface area contributed by atoms with Crippen LogP contribution in [0.4, 0.5) is 5.69 Å². The summed E-state index contributed by atoms with van der Waals surface area (Å²) < 4.78 is 5.37. The molecule has 2 rings (SSSR count). The molecule has 108 valence electrons. The zero-order valence-corrected chi connectivity index (χ0v) is 12.3. The molecular formula is C18H19NO2. The van der Waals surface area contributed by atoms with Crippen molar-refractivity contribution in [3.05, 3.63) is 65.7 Å². The zero-order valence-electron chi connectivity index (χ0n) is 12.3. The van der Waals surface area contributed by atoms with Gasteiger partial charge in [-0.2, -0.15) is 0 Å². The first-order valence-corrected chi connectivity index (χ1v) is 6.96. The third kappa shape index (κ3) is 4.49. The van der Waals surface area contributed by atoms with Crippen LogP contribution in [0.15, 0.2) is 60.2 Å². The van der Waals surface area contributed by atoms with Crippen LogP contribution in [0.5, 0.6) is 5.75 Å². The molecule has 0 aliphatic rings. The lowest BCUT2D eigenvalue weighted by Gasteiger charge is -2.07. The average molecular weight is 281 g/mol.